The first-order chi connectivity index (χ1) is 6.26. The molecule has 0 radical (unpaired) electrons. The maximum atomic E-state index is 5.74. The molecule has 0 aliphatic rings. The molecule has 0 fully saturated rings. The lowest BCUT2D eigenvalue weighted by Crippen LogP contribution is -2.26. The van der Waals surface area contributed by atoms with Gasteiger partial charge in [-0.15, -0.1) is 0 Å². The van der Waals surface area contributed by atoms with Gasteiger partial charge in [0.2, 0.25) is 0 Å². The van der Waals surface area contributed by atoms with Gasteiger partial charge in [-0.25, -0.2) is 0 Å². The zero-order valence-electron chi connectivity index (χ0n) is 8.05. The second-order valence-electron chi connectivity index (χ2n) is 3.07. The molecule has 2 nitrogen and oxygen atoms in total. The molecule has 0 saturated heterocycles. The van der Waals surface area contributed by atoms with Crippen molar-refractivity contribution in [2.24, 2.45) is 0 Å². The van der Waals surface area contributed by atoms with Crippen LogP contribution in [0.3, 0.4) is 0 Å². The van der Waals surface area contributed by atoms with Crippen molar-refractivity contribution in [1.82, 2.24) is 10.3 Å². The molecule has 1 N–H and O–H groups in total. The van der Waals surface area contributed by atoms with Crippen molar-refractivity contribution in [2.45, 2.75) is 25.8 Å². The minimum atomic E-state index is 0.508. The molecule has 13 heavy (non-hydrogen) atoms. The quantitative estimate of drug-likeness (QED) is 0.803. The van der Waals surface area contributed by atoms with E-state index in [-0.39, 0.29) is 0 Å². The summed E-state index contributed by atoms with van der Waals surface area (Å²) in [5.41, 5.74) is 1.09. The molecule has 1 aromatic heterocycles. The summed E-state index contributed by atoms with van der Waals surface area (Å²) in [4.78, 5) is 4.24. The highest BCUT2D eigenvalue weighted by atomic mass is 35.5. The Kier molecular flexibility index (Phi) is 4.19. The average Bonchev–Trinajstić information content (AvgIpc) is 2.17. The summed E-state index contributed by atoms with van der Waals surface area (Å²) in [7, 11) is 1.98. The maximum absolute atomic E-state index is 5.74. The first-order valence-corrected chi connectivity index (χ1v) is 4.91. The van der Waals surface area contributed by atoms with Gasteiger partial charge in [0.1, 0.15) is 0 Å². The van der Waals surface area contributed by atoms with Gasteiger partial charge in [-0.2, -0.15) is 0 Å². The highest BCUT2D eigenvalue weighted by Crippen LogP contribution is 2.08. The first-order valence-electron chi connectivity index (χ1n) is 4.54. The van der Waals surface area contributed by atoms with Crippen LogP contribution in [-0.2, 0) is 6.42 Å². The Morgan fingerprint density at radius 2 is 2.31 bits per heavy atom. The van der Waals surface area contributed by atoms with E-state index in [2.05, 4.69) is 17.2 Å². The van der Waals surface area contributed by atoms with Crippen molar-refractivity contribution in [3.8, 4) is 0 Å². The molecule has 0 amide bonds. The van der Waals surface area contributed by atoms with Crippen LogP contribution in [0.15, 0.2) is 18.3 Å². The number of aromatic nitrogens is 1. The normalized spacial score (nSPS) is 12.8. The molecule has 1 heterocycles. The standard InChI is InChI=1S/C10H15ClN2/c1-3-9(12-2)6-10-5-4-8(11)7-13-10/h4-5,7,9,12H,3,6H2,1-2H3. The molecule has 0 aliphatic carbocycles. The lowest BCUT2D eigenvalue weighted by atomic mass is 10.1. The summed E-state index contributed by atoms with van der Waals surface area (Å²) >= 11 is 5.74. The maximum Gasteiger partial charge on any atom is 0.0589 e. The topological polar surface area (TPSA) is 24.9 Å². The van der Waals surface area contributed by atoms with Crippen molar-refractivity contribution in [1.29, 1.82) is 0 Å². The van der Waals surface area contributed by atoms with Gasteiger partial charge in [-0.3, -0.25) is 4.98 Å². The van der Waals surface area contributed by atoms with Crippen molar-refractivity contribution >= 4 is 11.6 Å². The van der Waals surface area contributed by atoms with Crippen molar-refractivity contribution < 1.29 is 0 Å². The first kappa shape index (κ1) is 10.5. The third-order valence-electron chi connectivity index (χ3n) is 2.15. The molecule has 0 saturated carbocycles. The van der Waals surface area contributed by atoms with Gasteiger partial charge < -0.3 is 5.32 Å². The number of hydrogen-bond donors (Lipinski definition) is 1. The fourth-order valence-corrected chi connectivity index (χ4v) is 1.34. The summed E-state index contributed by atoms with van der Waals surface area (Å²) in [5, 5.41) is 3.94. The molecule has 1 unspecified atom stereocenters. The number of nitrogens with one attached hydrogen (secondary N) is 1. The Bertz CT molecular complexity index is 242. The zero-order chi connectivity index (χ0) is 9.68. The highest BCUT2D eigenvalue weighted by Gasteiger charge is 2.04. The van der Waals surface area contributed by atoms with E-state index in [9.17, 15) is 0 Å². The molecular formula is C10H15ClN2. The second-order valence-corrected chi connectivity index (χ2v) is 3.50. The van der Waals surface area contributed by atoms with Gasteiger partial charge >= 0.3 is 0 Å². The van der Waals surface area contributed by atoms with Crippen LogP contribution >= 0.6 is 11.6 Å². The van der Waals surface area contributed by atoms with Crippen molar-refractivity contribution in [3.63, 3.8) is 0 Å². The second kappa shape index (κ2) is 5.20. The predicted octanol–water partition coefficient (Wildman–Crippen LogP) is 2.28. The Hall–Kier alpha value is -0.600. The molecule has 0 aliphatic heterocycles. The van der Waals surface area contributed by atoms with Gasteiger partial charge in [0, 0.05) is 24.4 Å². The number of likely N-dealkylation sites (N-methyl/N-ethyl adjacent to an activating group) is 1. The number of halogens is 1. The van der Waals surface area contributed by atoms with E-state index in [1.807, 2.05) is 19.2 Å². The minimum absolute atomic E-state index is 0.508. The number of pyridine rings is 1. The summed E-state index contributed by atoms with van der Waals surface area (Å²) in [6.07, 6.45) is 3.77. The third-order valence-corrected chi connectivity index (χ3v) is 2.37. The summed E-state index contributed by atoms with van der Waals surface area (Å²) in [6.45, 7) is 2.16. The van der Waals surface area contributed by atoms with Crippen LogP contribution in [-0.4, -0.2) is 18.1 Å². The van der Waals surface area contributed by atoms with Crippen LogP contribution in [0.1, 0.15) is 19.0 Å². The number of nitrogens with zero attached hydrogens (tertiary/aromatic N) is 1. The SMILES string of the molecule is CCC(Cc1ccc(Cl)cn1)NC. The Labute approximate surface area is 84.3 Å². The largest absolute Gasteiger partial charge is 0.317 e. The molecule has 1 rings (SSSR count). The molecular weight excluding hydrogens is 184 g/mol. The van der Waals surface area contributed by atoms with Gasteiger partial charge in [-0.05, 0) is 25.6 Å². The van der Waals surface area contributed by atoms with Crippen molar-refractivity contribution in [2.75, 3.05) is 7.05 Å². The lowest BCUT2D eigenvalue weighted by Gasteiger charge is -2.12. The van der Waals surface area contributed by atoms with Crippen molar-refractivity contribution in [3.05, 3.63) is 29.0 Å². The van der Waals surface area contributed by atoms with Gasteiger partial charge in [0.15, 0.2) is 0 Å². The van der Waals surface area contributed by atoms with E-state index < -0.39 is 0 Å². The fourth-order valence-electron chi connectivity index (χ4n) is 1.23. The summed E-state index contributed by atoms with van der Waals surface area (Å²) in [6, 6.07) is 4.36. The van der Waals surface area contributed by atoms with Crippen LogP contribution in [0.4, 0.5) is 0 Å². The zero-order valence-corrected chi connectivity index (χ0v) is 8.80. The molecule has 0 bridgehead atoms. The van der Waals surface area contributed by atoms with E-state index >= 15 is 0 Å². The van der Waals surface area contributed by atoms with E-state index in [1.54, 1.807) is 6.20 Å². The van der Waals surface area contributed by atoms with Crippen LogP contribution in [0.25, 0.3) is 0 Å². The lowest BCUT2D eigenvalue weighted by molar-refractivity contribution is 0.537. The average molecular weight is 199 g/mol. The van der Waals surface area contributed by atoms with Gasteiger partial charge in [0.05, 0.1) is 5.02 Å². The number of rotatable bonds is 4. The molecule has 0 spiro atoms. The van der Waals surface area contributed by atoms with Gasteiger partial charge in [0.25, 0.3) is 0 Å². The molecule has 1 atom stereocenters. The molecule has 0 aromatic carbocycles. The van der Waals surface area contributed by atoms with Crippen LogP contribution < -0.4 is 5.32 Å². The number of hydrogen-bond acceptors (Lipinski definition) is 2. The minimum Gasteiger partial charge on any atom is -0.317 e. The van der Waals surface area contributed by atoms with Crippen LogP contribution in [0.2, 0.25) is 5.02 Å². The fraction of sp³-hybridized carbons (Fsp3) is 0.500. The summed E-state index contributed by atoms with van der Waals surface area (Å²) < 4.78 is 0. The van der Waals surface area contributed by atoms with E-state index in [0.717, 1.165) is 18.5 Å². The Balaban J connectivity index is 2.58. The van der Waals surface area contributed by atoms with Gasteiger partial charge in [-0.1, -0.05) is 18.5 Å². The molecule has 1 aromatic rings. The molecule has 3 heteroatoms. The summed E-state index contributed by atoms with van der Waals surface area (Å²) in [5.74, 6) is 0. The van der Waals surface area contributed by atoms with E-state index in [4.69, 9.17) is 11.6 Å². The van der Waals surface area contributed by atoms with Crippen LogP contribution in [0, 0.1) is 0 Å². The predicted molar refractivity (Wildman–Crippen MR) is 56.1 cm³/mol. The Morgan fingerprint density at radius 3 is 2.77 bits per heavy atom. The van der Waals surface area contributed by atoms with E-state index in [1.165, 1.54) is 0 Å². The monoisotopic (exact) mass is 198 g/mol. The Morgan fingerprint density at radius 1 is 1.54 bits per heavy atom. The highest BCUT2D eigenvalue weighted by molar-refractivity contribution is 6.30. The van der Waals surface area contributed by atoms with Crippen LogP contribution in [0.5, 0.6) is 0 Å². The smallest absolute Gasteiger partial charge is 0.0589 e. The van der Waals surface area contributed by atoms with E-state index in [0.29, 0.717) is 11.1 Å². The molecule has 72 valence electrons. The third kappa shape index (κ3) is 3.33.